The minimum absolute atomic E-state index is 0.259. The second-order valence-corrected chi connectivity index (χ2v) is 3.45. The highest BCUT2D eigenvalue weighted by atomic mass is 19.4. The molecule has 0 aliphatic carbocycles. The summed E-state index contributed by atoms with van der Waals surface area (Å²) in [6.45, 7) is 0.402. The Labute approximate surface area is 102 Å². The Balaban J connectivity index is 2.43. The molecule has 0 saturated carbocycles. The number of hydrogen-bond donors (Lipinski definition) is 2. The maximum atomic E-state index is 11.9. The SMILES string of the molecule is CNC(=O)NCCc1ccc(OC(F)(F)F)cc1. The summed E-state index contributed by atoms with van der Waals surface area (Å²) in [5, 5.41) is 4.96. The standard InChI is InChI=1S/C11H13F3N2O2/c1-15-10(17)16-7-6-8-2-4-9(5-3-8)18-11(12,13)14/h2-5H,6-7H2,1H3,(H2,15,16,17). The van der Waals surface area contributed by atoms with Gasteiger partial charge >= 0.3 is 12.4 Å². The molecule has 0 radical (unpaired) electrons. The Hall–Kier alpha value is -1.92. The molecule has 1 rings (SSSR count). The minimum Gasteiger partial charge on any atom is -0.406 e. The van der Waals surface area contributed by atoms with E-state index in [0.29, 0.717) is 13.0 Å². The summed E-state index contributed by atoms with van der Waals surface area (Å²) in [7, 11) is 1.50. The van der Waals surface area contributed by atoms with Crippen LogP contribution < -0.4 is 15.4 Å². The van der Waals surface area contributed by atoms with Crippen molar-refractivity contribution in [1.82, 2.24) is 10.6 Å². The first-order valence-electron chi connectivity index (χ1n) is 5.21. The molecule has 4 nitrogen and oxygen atoms in total. The maximum absolute atomic E-state index is 11.9. The lowest BCUT2D eigenvalue weighted by atomic mass is 10.1. The summed E-state index contributed by atoms with van der Waals surface area (Å²) in [5.74, 6) is -0.259. The first-order chi connectivity index (χ1) is 8.40. The van der Waals surface area contributed by atoms with E-state index in [1.807, 2.05) is 0 Å². The summed E-state index contributed by atoms with van der Waals surface area (Å²) < 4.78 is 39.4. The van der Waals surface area contributed by atoms with Crippen LogP contribution in [0.15, 0.2) is 24.3 Å². The van der Waals surface area contributed by atoms with Crippen molar-refractivity contribution in [2.45, 2.75) is 12.8 Å². The van der Waals surface area contributed by atoms with E-state index in [-0.39, 0.29) is 11.8 Å². The van der Waals surface area contributed by atoms with Gasteiger partial charge < -0.3 is 15.4 Å². The quantitative estimate of drug-likeness (QED) is 0.872. The summed E-state index contributed by atoms with van der Waals surface area (Å²) in [5.41, 5.74) is 0.806. The van der Waals surface area contributed by atoms with E-state index < -0.39 is 6.36 Å². The second-order valence-electron chi connectivity index (χ2n) is 3.45. The van der Waals surface area contributed by atoms with Crippen LogP contribution in [0.25, 0.3) is 0 Å². The lowest BCUT2D eigenvalue weighted by Crippen LogP contribution is -2.33. The summed E-state index contributed by atoms with van der Waals surface area (Å²) >= 11 is 0. The van der Waals surface area contributed by atoms with Gasteiger partial charge in [-0.15, -0.1) is 13.2 Å². The Morgan fingerprint density at radius 3 is 2.39 bits per heavy atom. The zero-order valence-electron chi connectivity index (χ0n) is 9.67. The van der Waals surface area contributed by atoms with Crippen molar-refractivity contribution in [1.29, 1.82) is 0 Å². The van der Waals surface area contributed by atoms with Crippen LogP contribution >= 0.6 is 0 Å². The highest BCUT2D eigenvalue weighted by Crippen LogP contribution is 2.22. The largest absolute Gasteiger partial charge is 0.573 e. The van der Waals surface area contributed by atoms with Crippen molar-refractivity contribution >= 4 is 6.03 Å². The summed E-state index contributed by atoms with van der Waals surface area (Å²) in [6, 6.07) is 5.22. The summed E-state index contributed by atoms with van der Waals surface area (Å²) in [6.07, 6.45) is -4.15. The molecule has 0 unspecified atom stereocenters. The van der Waals surface area contributed by atoms with E-state index in [2.05, 4.69) is 15.4 Å². The van der Waals surface area contributed by atoms with Gasteiger partial charge in [-0.2, -0.15) is 0 Å². The van der Waals surface area contributed by atoms with Crippen molar-refractivity contribution < 1.29 is 22.7 Å². The van der Waals surface area contributed by atoms with Crippen molar-refractivity contribution in [3.63, 3.8) is 0 Å². The van der Waals surface area contributed by atoms with E-state index >= 15 is 0 Å². The molecule has 0 bridgehead atoms. The van der Waals surface area contributed by atoms with Crippen LogP contribution in [-0.2, 0) is 6.42 Å². The van der Waals surface area contributed by atoms with E-state index in [9.17, 15) is 18.0 Å². The Bertz CT molecular complexity index is 390. The molecule has 0 aliphatic heterocycles. The van der Waals surface area contributed by atoms with Crippen molar-refractivity contribution in [3.05, 3.63) is 29.8 Å². The van der Waals surface area contributed by atoms with Crippen molar-refractivity contribution in [2.75, 3.05) is 13.6 Å². The van der Waals surface area contributed by atoms with Crippen molar-refractivity contribution in [2.24, 2.45) is 0 Å². The first kappa shape index (κ1) is 14.1. The average molecular weight is 262 g/mol. The topological polar surface area (TPSA) is 50.4 Å². The predicted octanol–water partition coefficient (Wildman–Crippen LogP) is 2.06. The third-order valence-electron chi connectivity index (χ3n) is 2.08. The minimum atomic E-state index is -4.68. The molecule has 2 N–H and O–H groups in total. The van der Waals surface area contributed by atoms with E-state index in [4.69, 9.17) is 0 Å². The van der Waals surface area contributed by atoms with Crippen LogP contribution in [-0.4, -0.2) is 26.0 Å². The highest BCUT2D eigenvalue weighted by molar-refractivity contribution is 5.73. The lowest BCUT2D eigenvalue weighted by molar-refractivity contribution is -0.274. The molecule has 100 valence electrons. The number of hydrogen-bond acceptors (Lipinski definition) is 2. The van der Waals surface area contributed by atoms with Gasteiger partial charge in [0, 0.05) is 13.6 Å². The molecule has 1 aromatic carbocycles. The van der Waals surface area contributed by atoms with Crippen LogP contribution in [0.5, 0.6) is 5.75 Å². The lowest BCUT2D eigenvalue weighted by Gasteiger charge is -2.09. The molecule has 0 aliphatic rings. The number of ether oxygens (including phenoxy) is 1. The molecule has 7 heteroatoms. The molecule has 0 aromatic heterocycles. The number of amides is 2. The number of carbonyl (C=O) groups excluding carboxylic acids is 1. The van der Waals surface area contributed by atoms with Gasteiger partial charge in [-0.3, -0.25) is 0 Å². The van der Waals surface area contributed by atoms with Gasteiger partial charge in [0.25, 0.3) is 0 Å². The maximum Gasteiger partial charge on any atom is 0.573 e. The van der Waals surface area contributed by atoms with Gasteiger partial charge in [0.05, 0.1) is 0 Å². The molecule has 0 fully saturated rings. The Kier molecular flexibility index (Phi) is 4.82. The third-order valence-corrected chi connectivity index (χ3v) is 2.08. The Morgan fingerprint density at radius 1 is 1.28 bits per heavy atom. The van der Waals surface area contributed by atoms with Gasteiger partial charge in [-0.25, -0.2) is 4.79 Å². The molecular formula is C11H13F3N2O2. The predicted molar refractivity (Wildman–Crippen MR) is 59.3 cm³/mol. The van der Waals surface area contributed by atoms with E-state index in [0.717, 1.165) is 5.56 Å². The van der Waals surface area contributed by atoms with Crippen LogP contribution in [0.1, 0.15) is 5.56 Å². The third kappa shape index (κ3) is 5.42. The highest BCUT2D eigenvalue weighted by Gasteiger charge is 2.30. The normalized spacial score (nSPS) is 10.9. The number of halogens is 3. The van der Waals surface area contributed by atoms with Crippen LogP contribution in [0.2, 0.25) is 0 Å². The number of benzene rings is 1. The van der Waals surface area contributed by atoms with Crippen LogP contribution in [0, 0.1) is 0 Å². The van der Waals surface area contributed by atoms with E-state index in [1.54, 1.807) is 0 Å². The Morgan fingerprint density at radius 2 is 1.89 bits per heavy atom. The number of rotatable bonds is 4. The van der Waals surface area contributed by atoms with Gasteiger partial charge in [0.2, 0.25) is 0 Å². The molecule has 2 amide bonds. The smallest absolute Gasteiger partial charge is 0.406 e. The monoisotopic (exact) mass is 262 g/mol. The molecule has 18 heavy (non-hydrogen) atoms. The van der Waals surface area contributed by atoms with E-state index in [1.165, 1.54) is 31.3 Å². The number of carbonyl (C=O) groups is 1. The zero-order valence-corrected chi connectivity index (χ0v) is 9.67. The number of alkyl halides is 3. The fraction of sp³-hybridized carbons (Fsp3) is 0.364. The fourth-order valence-corrected chi connectivity index (χ4v) is 1.27. The average Bonchev–Trinajstić information content (AvgIpc) is 2.29. The molecule has 0 spiro atoms. The fourth-order valence-electron chi connectivity index (χ4n) is 1.27. The van der Waals surface area contributed by atoms with Gasteiger partial charge in [-0.1, -0.05) is 12.1 Å². The summed E-state index contributed by atoms with van der Waals surface area (Å²) in [4.78, 5) is 10.8. The van der Waals surface area contributed by atoms with Gasteiger partial charge in [0.1, 0.15) is 5.75 Å². The zero-order chi connectivity index (χ0) is 13.6. The first-order valence-corrected chi connectivity index (χ1v) is 5.21. The molecule has 1 aromatic rings. The number of nitrogens with one attached hydrogen (secondary N) is 2. The molecule has 0 atom stereocenters. The molecule has 0 heterocycles. The second kappa shape index (κ2) is 6.13. The van der Waals surface area contributed by atoms with Crippen molar-refractivity contribution in [3.8, 4) is 5.75 Å². The van der Waals surface area contributed by atoms with Crippen LogP contribution in [0.3, 0.4) is 0 Å². The molecule has 0 saturated heterocycles. The van der Waals surface area contributed by atoms with Gasteiger partial charge in [-0.05, 0) is 24.1 Å². The van der Waals surface area contributed by atoms with Gasteiger partial charge in [0.15, 0.2) is 0 Å². The van der Waals surface area contributed by atoms with Crippen LogP contribution in [0.4, 0.5) is 18.0 Å². The molecular weight excluding hydrogens is 249 g/mol. The number of urea groups is 1.